The van der Waals surface area contributed by atoms with Gasteiger partial charge >= 0.3 is 0 Å². The summed E-state index contributed by atoms with van der Waals surface area (Å²) < 4.78 is 52.4. The molecule has 0 aliphatic rings. The number of primary amides is 1. The second-order valence-corrected chi connectivity index (χ2v) is 6.87. The number of nitrogens with zero attached hydrogens (tertiary/aromatic N) is 1. The third kappa shape index (κ3) is 4.11. The number of anilines is 1. The van der Waals surface area contributed by atoms with E-state index in [1.54, 1.807) is 13.8 Å². The topological polar surface area (TPSA) is 106 Å². The Morgan fingerprint density at radius 3 is 2.33 bits per heavy atom. The van der Waals surface area contributed by atoms with Crippen molar-refractivity contribution in [2.45, 2.75) is 18.7 Å². The number of nitrogens with two attached hydrogens (primary N) is 2. The molecule has 0 aliphatic carbocycles. The summed E-state index contributed by atoms with van der Waals surface area (Å²) in [6, 6.07) is 1.08. The predicted molar refractivity (Wildman–Crippen MR) is 73.6 cm³/mol. The SMILES string of the molecule is CC(C)CN(CC(N)=O)S(=O)(=O)c1cc(N)c(F)cc1F. The number of amides is 1. The number of hydrogen-bond acceptors (Lipinski definition) is 4. The maximum atomic E-state index is 13.7. The van der Waals surface area contributed by atoms with Crippen molar-refractivity contribution in [2.75, 3.05) is 18.8 Å². The second kappa shape index (κ2) is 6.35. The molecule has 0 saturated heterocycles. The van der Waals surface area contributed by atoms with E-state index in [2.05, 4.69) is 0 Å². The van der Waals surface area contributed by atoms with Crippen LogP contribution in [0.25, 0.3) is 0 Å². The van der Waals surface area contributed by atoms with Gasteiger partial charge in [-0.2, -0.15) is 4.31 Å². The first kappa shape index (κ1) is 17.3. The summed E-state index contributed by atoms with van der Waals surface area (Å²) in [7, 11) is -4.35. The molecule has 6 nitrogen and oxygen atoms in total. The van der Waals surface area contributed by atoms with Crippen molar-refractivity contribution >= 4 is 21.6 Å². The lowest BCUT2D eigenvalue weighted by atomic mass is 10.2. The fraction of sp³-hybridized carbons (Fsp3) is 0.417. The van der Waals surface area contributed by atoms with Crippen molar-refractivity contribution in [2.24, 2.45) is 11.7 Å². The number of hydrogen-bond donors (Lipinski definition) is 2. The highest BCUT2D eigenvalue weighted by atomic mass is 32.2. The minimum absolute atomic E-state index is 0.0397. The molecular formula is C12H17F2N3O3S. The van der Waals surface area contributed by atoms with Gasteiger partial charge in [0.25, 0.3) is 0 Å². The van der Waals surface area contributed by atoms with E-state index < -0.39 is 44.7 Å². The van der Waals surface area contributed by atoms with E-state index in [0.717, 1.165) is 4.31 Å². The summed E-state index contributed by atoms with van der Waals surface area (Å²) >= 11 is 0. The highest BCUT2D eigenvalue weighted by molar-refractivity contribution is 7.89. The van der Waals surface area contributed by atoms with Crippen LogP contribution in [0.3, 0.4) is 0 Å². The van der Waals surface area contributed by atoms with E-state index in [-0.39, 0.29) is 12.5 Å². The Morgan fingerprint density at radius 2 is 1.86 bits per heavy atom. The van der Waals surface area contributed by atoms with Gasteiger partial charge in [0.15, 0.2) is 0 Å². The Hall–Kier alpha value is -1.74. The lowest BCUT2D eigenvalue weighted by Gasteiger charge is -2.23. The zero-order valence-electron chi connectivity index (χ0n) is 11.6. The average molecular weight is 321 g/mol. The summed E-state index contributed by atoms with van der Waals surface area (Å²) in [4.78, 5) is 10.2. The van der Waals surface area contributed by atoms with Gasteiger partial charge in [-0.25, -0.2) is 17.2 Å². The van der Waals surface area contributed by atoms with E-state index in [9.17, 15) is 22.0 Å². The van der Waals surface area contributed by atoms with Crippen molar-refractivity contribution in [3.8, 4) is 0 Å². The number of benzene rings is 1. The monoisotopic (exact) mass is 321 g/mol. The van der Waals surface area contributed by atoms with Gasteiger partial charge in [-0.05, 0) is 12.0 Å². The molecule has 1 aromatic carbocycles. The summed E-state index contributed by atoms with van der Waals surface area (Å²) in [5.41, 5.74) is 9.78. The molecule has 0 spiro atoms. The van der Waals surface area contributed by atoms with Crippen LogP contribution in [0.4, 0.5) is 14.5 Å². The normalized spacial score (nSPS) is 12.1. The Kier molecular flexibility index (Phi) is 5.24. The first-order valence-corrected chi connectivity index (χ1v) is 7.52. The number of nitrogen functional groups attached to an aromatic ring is 1. The molecule has 1 amide bonds. The van der Waals surface area contributed by atoms with Crippen LogP contribution >= 0.6 is 0 Å². The smallest absolute Gasteiger partial charge is 0.246 e. The zero-order chi connectivity index (χ0) is 16.4. The molecule has 9 heteroatoms. The fourth-order valence-electron chi connectivity index (χ4n) is 1.71. The largest absolute Gasteiger partial charge is 0.396 e. The Labute approximate surface area is 121 Å². The summed E-state index contributed by atoms with van der Waals surface area (Å²) in [6.45, 7) is 2.80. The van der Waals surface area contributed by atoms with E-state index in [1.807, 2.05) is 0 Å². The Bertz CT molecular complexity index is 647. The van der Waals surface area contributed by atoms with Crippen LogP contribution < -0.4 is 11.5 Å². The molecule has 118 valence electrons. The lowest BCUT2D eigenvalue weighted by molar-refractivity contribution is -0.118. The first-order chi connectivity index (χ1) is 9.55. The molecule has 0 fully saturated rings. The molecular weight excluding hydrogens is 304 g/mol. The van der Waals surface area contributed by atoms with Crippen LogP contribution in [0.5, 0.6) is 0 Å². The molecule has 0 atom stereocenters. The van der Waals surface area contributed by atoms with Crippen LogP contribution in [-0.2, 0) is 14.8 Å². The molecule has 0 radical (unpaired) electrons. The Balaban J connectivity index is 3.34. The quantitative estimate of drug-likeness (QED) is 0.751. The zero-order valence-corrected chi connectivity index (χ0v) is 12.5. The van der Waals surface area contributed by atoms with Crippen LogP contribution in [0, 0.1) is 17.6 Å². The van der Waals surface area contributed by atoms with Crippen LogP contribution in [0.15, 0.2) is 17.0 Å². The molecule has 0 bridgehead atoms. The highest BCUT2D eigenvalue weighted by Crippen LogP contribution is 2.24. The van der Waals surface area contributed by atoms with E-state index in [1.165, 1.54) is 0 Å². The molecule has 0 saturated carbocycles. The second-order valence-electron chi connectivity index (χ2n) is 4.96. The van der Waals surface area contributed by atoms with Gasteiger partial charge in [0.05, 0.1) is 12.2 Å². The number of carbonyl (C=O) groups excluding carboxylic acids is 1. The van der Waals surface area contributed by atoms with Crippen molar-refractivity contribution in [3.05, 3.63) is 23.8 Å². The van der Waals surface area contributed by atoms with E-state index in [0.29, 0.717) is 12.1 Å². The predicted octanol–water partition coefficient (Wildman–Crippen LogP) is 0.679. The average Bonchev–Trinajstić information content (AvgIpc) is 2.31. The van der Waals surface area contributed by atoms with Crippen LogP contribution in [0.1, 0.15) is 13.8 Å². The van der Waals surface area contributed by atoms with Crippen LogP contribution in [0.2, 0.25) is 0 Å². The lowest BCUT2D eigenvalue weighted by Crippen LogP contribution is -2.40. The summed E-state index contributed by atoms with van der Waals surface area (Å²) in [5, 5.41) is 0. The minimum atomic E-state index is -4.35. The fourth-order valence-corrected chi connectivity index (χ4v) is 3.36. The summed E-state index contributed by atoms with van der Waals surface area (Å²) in [6.07, 6.45) is 0. The van der Waals surface area contributed by atoms with Gasteiger partial charge in [0.1, 0.15) is 16.5 Å². The molecule has 0 heterocycles. The number of sulfonamides is 1. The molecule has 0 aromatic heterocycles. The van der Waals surface area contributed by atoms with Gasteiger partial charge in [-0.3, -0.25) is 4.79 Å². The number of carbonyl (C=O) groups is 1. The summed E-state index contributed by atoms with van der Waals surface area (Å²) in [5.74, 6) is -3.34. The highest BCUT2D eigenvalue weighted by Gasteiger charge is 2.30. The third-order valence-electron chi connectivity index (χ3n) is 2.57. The minimum Gasteiger partial charge on any atom is -0.396 e. The first-order valence-electron chi connectivity index (χ1n) is 6.08. The molecule has 0 unspecified atom stereocenters. The van der Waals surface area contributed by atoms with Crippen LogP contribution in [-0.4, -0.2) is 31.7 Å². The van der Waals surface area contributed by atoms with Gasteiger partial charge in [-0.15, -0.1) is 0 Å². The van der Waals surface area contributed by atoms with Crippen molar-refractivity contribution in [1.82, 2.24) is 4.31 Å². The molecule has 1 aromatic rings. The van der Waals surface area contributed by atoms with Crippen molar-refractivity contribution in [3.63, 3.8) is 0 Å². The third-order valence-corrected chi connectivity index (χ3v) is 4.40. The van der Waals surface area contributed by atoms with Crippen molar-refractivity contribution in [1.29, 1.82) is 0 Å². The van der Waals surface area contributed by atoms with E-state index in [4.69, 9.17) is 11.5 Å². The maximum Gasteiger partial charge on any atom is 0.246 e. The maximum absolute atomic E-state index is 13.7. The molecule has 4 N–H and O–H groups in total. The van der Waals surface area contributed by atoms with Gasteiger partial charge in [-0.1, -0.05) is 13.8 Å². The van der Waals surface area contributed by atoms with E-state index >= 15 is 0 Å². The molecule has 21 heavy (non-hydrogen) atoms. The standard InChI is InChI=1S/C12H17F2N3O3S/c1-7(2)5-17(6-12(16)18)21(19,20)11-4-10(15)8(13)3-9(11)14/h3-4,7H,5-6,15H2,1-2H3,(H2,16,18). The molecule has 0 aliphatic heterocycles. The Morgan fingerprint density at radius 1 is 1.29 bits per heavy atom. The van der Waals surface area contributed by atoms with Gasteiger partial charge < -0.3 is 11.5 Å². The number of halogens is 2. The van der Waals surface area contributed by atoms with Gasteiger partial charge in [0.2, 0.25) is 15.9 Å². The number of rotatable bonds is 6. The van der Waals surface area contributed by atoms with Crippen molar-refractivity contribution < 1.29 is 22.0 Å². The molecule has 1 rings (SSSR count). The van der Waals surface area contributed by atoms with Gasteiger partial charge in [0, 0.05) is 12.6 Å².